The summed E-state index contributed by atoms with van der Waals surface area (Å²) >= 11 is 3.57. The molecule has 21 heavy (non-hydrogen) atoms. The van der Waals surface area contributed by atoms with Crippen LogP contribution < -0.4 is 10.2 Å². The molecule has 1 N–H and O–H groups in total. The van der Waals surface area contributed by atoms with E-state index in [1.807, 2.05) is 6.20 Å². The second-order valence-electron chi connectivity index (χ2n) is 5.92. The minimum Gasteiger partial charge on any atom is -0.353 e. The van der Waals surface area contributed by atoms with Gasteiger partial charge < -0.3 is 10.2 Å². The van der Waals surface area contributed by atoms with E-state index >= 15 is 0 Å². The second kappa shape index (κ2) is 8.74. The van der Waals surface area contributed by atoms with Crippen molar-refractivity contribution in [3.05, 3.63) is 22.3 Å². The summed E-state index contributed by atoms with van der Waals surface area (Å²) in [7, 11) is 0. The zero-order chi connectivity index (χ0) is 15.1. The molecular formula is C17H28BrN3. The summed E-state index contributed by atoms with van der Waals surface area (Å²) in [4.78, 5) is 7.32. The van der Waals surface area contributed by atoms with Crippen LogP contribution in [0.1, 0.15) is 57.9 Å². The lowest BCUT2D eigenvalue weighted by molar-refractivity contribution is 0.549. The fourth-order valence-corrected chi connectivity index (χ4v) is 3.52. The minimum atomic E-state index is 0.645. The Morgan fingerprint density at radius 1 is 1.33 bits per heavy atom. The molecule has 1 atom stereocenters. The molecule has 0 aromatic carbocycles. The van der Waals surface area contributed by atoms with Crippen LogP contribution in [0, 0.1) is 0 Å². The molecule has 1 aliphatic heterocycles. The number of hydrogen-bond donors (Lipinski definition) is 1. The Labute approximate surface area is 137 Å². The second-order valence-corrected chi connectivity index (χ2v) is 6.83. The molecule has 3 nitrogen and oxygen atoms in total. The van der Waals surface area contributed by atoms with Crippen LogP contribution in [-0.4, -0.2) is 24.1 Å². The summed E-state index contributed by atoms with van der Waals surface area (Å²) in [5, 5.41) is 3.52. The number of nitrogens with zero attached hydrogens (tertiary/aromatic N) is 2. The van der Waals surface area contributed by atoms with E-state index in [1.165, 1.54) is 43.5 Å². The monoisotopic (exact) mass is 353 g/mol. The third kappa shape index (κ3) is 4.68. The largest absolute Gasteiger partial charge is 0.353 e. The average Bonchev–Trinajstić information content (AvgIpc) is 2.73. The molecule has 0 saturated carbocycles. The smallest absolute Gasteiger partial charge is 0.133 e. The predicted octanol–water partition coefficient (Wildman–Crippen LogP) is 4.50. The maximum Gasteiger partial charge on any atom is 0.133 e. The van der Waals surface area contributed by atoms with Crippen molar-refractivity contribution in [2.24, 2.45) is 0 Å². The fourth-order valence-electron chi connectivity index (χ4n) is 3.14. The average molecular weight is 354 g/mol. The van der Waals surface area contributed by atoms with Gasteiger partial charge >= 0.3 is 0 Å². The third-order valence-electron chi connectivity index (χ3n) is 4.27. The van der Waals surface area contributed by atoms with E-state index in [1.54, 1.807) is 0 Å². The van der Waals surface area contributed by atoms with Gasteiger partial charge in [0, 0.05) is 35.4 Å². The normalized spacial score (nSPS) is 19.6. The van der Waals surface area contributed by atoms with Gasteiger partial charge in [-0.1, -0.05) is 26.7 Å². The van der Waals surface area contributed by atoms with Gasteiger partial charge in [-0.2, -0.15) is 0 Å². The lowest BCUT2D eigenvalue weighted by Gasteiger charge is -2.32. The minimum absolute atomic E-state index is 0.645. The summed E-state index contributed by atoms with van der Waals surface area (Å²) in [6, 6.07) is 2.87. The zero-order valence-electron chi connectivity index (χ0n) is 13.4. The number of rotatable bonds is 6. The molecule has 0 radical (unpaired) electrons. The van der Waals surface area contributed by atoms with Crippen molar-refractivity contribution < 1.29 is 0 Å². The van der Waals surface area contributed by atoms with Crippen LogP contribution in [0.15, 0.2) is 16.7 Å². The van der Waals surface area contributed by atoms with Crippen LogP contribution in [0.25, 0.3) is 0 Å². The van der Waals surface area contributed by atoms with Crippen molar-refractivity contribution in [3.63, 3.8) is 0 Å². The molecular weight excluding hydrogens is 326 g/mol. The molecule has 0 spiro atoms. The molecule has 2 rings (SSSR count). The summed E-state index contributed by atoms with van der Waals surface area (Å²) < 4.78 is 1.07. The predicted molar refractivity (Wildman–Crippen MR) is 93.8 cm³/mol. The van der Waals surface area contributed by atoms with Gasteiger partial charge in [0.25, 0.3) is 0 Å². The van der Waals surface area contributed by atoms with E-state index in [9.17, 15) is 0 Å². The molecule has 1 unspecified atom stereocenters. The first kappa shape index (κ1) is 16.8. The van der Waals surface area contributed by atoms with Gasteiger partial charge in [-0.25, -0.2) is 4.98 Å². The highest BCUT2D eigenvalue weighted by Gasteiger charge is 2.22. The number of nitrogens with one attached hydrogen (secondary N) is 1. The van der Waals surface area contributed by atoms with Crippen LogP contribution in [0.4, 0.5) is 5.82 Å². The van der Waals surface area contributed by atoms with Crippen molar-refractivity contribution in [3.8, 4) is 0 Å². The highest BCUT2D eigenvalue weighted by Crippen LogP contribution is 2.28. The Kier molecular flexibility index (Phi) is 6.97. The molecule has 4 heteroatoms. The van der Waals surface area contributed by atoms with Gasteiger partial charge in [0.15, 0.2) is 0 Å². The van der Waals surface area contributed by atoms with E-state index in [0.717, 1.165) is 30.5 Å². The zero-order valence-corrected chi connectivity index (χ0v) is 15.0. The molecule has 118 valence electrons. The maximum atomic E-state index is 4.76. The van der Waals surface area contributed by atoms with Gasteiger partial charge in [0.1, 0.15) is 5.82 Å². The van der Waals surface area contributed by atoms with Gasteiger partial charge in [-0.05, 0) is 54.2 Å². The van der Waals surface area contributed by atoms with Crippen molar-refractivity contribution in [1.29, 1.82) is 0 Å². The highest BCUT2D eigenvalue weighted by atomic mass is 79.9. The van der Waals surface area contributed by atoms with Gasteiger partial charge in [-0.3, -0.25) is 0 Å². The standard InChI is InChI=1S/C17H28BrN3/c1-3-9-19-12-14-11-15(18)13-20-17(14)21-10-7-5-6-8-16(21)4-2/h11,13,16,19H,3-10,12H2,1-2H3. The van der Waals surface area contributed by atoms with Crippen LogP contribution in [-0.2, 0) is 6.54 Å². The molecule has 2 heterocycles. The fraction of sp³-hybridized carbons (Fsp3) is 0.706. The first-order valence-corrected chi connectivity index (χ1v) is 9.17. The number of anilines is 1. The molecule has 0 amide bonds. The molecule has 1 saturated heterocycles. The number of hydrogen-bond acceptors (Lipinski definition) is 3. The van der Waals surface area contributed by atoms with Gasteiger partial charge in [0.05, 0.1) is 0 Å². The molecule has 1 aliphatic rings. The summed E-state index contributed by atoms with van der Waals surface area (Å²) in [5.41, 5.74) is 1.32. The van der Waals surface area contributed by atoms with Gasteiger partial charge in [-0.15, -0.1) is 0 Å². The Hall–Kier alpha value is -0.610. The van der Waals surface area contributed by atoms with Crippen molar-refractivity contribution in [2.45, 2.75) is 65.0 Å². The molecule has 1 aromatic heterocycles. The van der Waals surface area contributed by atoms with E-state index in [-0.39, 0.29) is 0 Å². The summed E-state index contributed by atoms with van der Waals surface area (Å²) in [6.45, 7) is 7.62. The van der Waals surface area contributed by atoms with E-state index < -0.39 is 0 Å². The van der Waals surface area contributed by atoms with Crippen LogP contribution in [0.3, 0.4) is 0 Å². The number of pyridine rings is 1. The van der Waals surface area contributed by atoms with Crippen LogP contribution >= 0.6 is 15.9 Å². The number of halogens is 1. The molecule has 0 aliphatic carbocycles. The van der Waals surface area contributed by atoms with Gasteiger partial charge in [0.2, 0.25) is 0 Å². The lowest BCUT2D eigenvalue weighted by Crippen LogP contribution is -2.36. The van der Waals surface area contributed by atoms with E-state index in [0.29, 0.717) is 6.04 Å². The number of aromatic nitrogens is 1. The Morgan fingerprint density at radius 3 is 2.95 bits per heavy atom. The topological polar surface area (TPSA) is 28.2 Å². The maximum absolute atomic E-state index is 4.76. The van der Waals surface area contributed by atoms with E-state index in [4.69, 9.17) is 4.98 Å². The first-order valence-electron chi connectivity index (χ1n) is 8.38. The lowest BCUT2D eigenvalue weighted by atomic mass is 10.1. The van der Waals surface area contributed by atoms with E-state index in [2.05, 4.69) is 46.1 Å². The van der Waals surface area contributed by atoms with Crippen molar-refractivity contribution >= 4 is 21.7 Å². The first-order chi connectivity index (χ1) is 10.3. The van der Waals surface area contributed by atoms with Crippen LogP contribution in [0.2, 0.25) is 0 Å². The van der Waals surface area contributed by atoms with Crippen molar-refractivity contribution in [1.82, 2.24) is 10.3 Å². The highest BCUT2D eigenvalue weighted by molar-refractivity contribution is 9.10. The molecule has 1 fully saturated rings. The molecule has 1 aromatic rings. The Morgan fingerprint density at radius 2 is 2.19 bits per heavy atom. The summed E-state index contributed by atoms with van der Waals surface area (Å²) in [5.74, 6) is 1.19. The third-order valence-corrected chi connectivity index (χ3v) is 4.71. The Balaban J connectivity index is 2.22. The van der Waals surface area contributed by atoms with Crippen molar-refractivity contribution in [2.75, 3.05) is 18.0 Å². The molecule has 0 bridgehead atoms. The quantitative estimate of drug-likeness (QED) is 0.763. The van der Waals surface area contributed by atoms with Crippen LogP contribution in [0.5, 0.6) is 0 Å². The SMILES string of the molecule is CCCNCc1cc(Br)cnc1N1CCCCCC1CC. The Bertz CT molecular complexity index is 436. The summed E-state index contributed by atoms with van der Waals surface area (Å²) in [6.07, 6.45) is 9.61.